The minimum absolute atomic E-state index is 0.106. The number of aliphatic hydroxyl groups excluding tert-OH is 1. The van der Waals surface area contributed by atoms with Crippen LogP contribution in [0.3, 0.4) is 0 Å². The molecule has 0 aliphatic carbocycles. The van der Waals surface area contributed by atoms with Crippen LogP contribution in [0.4, 0.5) is 4.39 Å². The van der Waals surface area contributed by atoms with Gasteiger partial charge in [-0.2, -0.15) is 0 Å². The molecule has 1 aromatic carbocycles. The van der Waals surface area contributed by atoms with E-state index in [0.29, 0.717) is 17.8 Å². The monoisotopic (exact) mass is 262 g/mol. The van der Waals surface area contributed by atoms with E-state index in [1.165, 1.54) is 6.07 Å². The van der Waals surface area contributed by atoms with E-state index >= 15 is 0 Å². The molecule has 0 fully saturated rings. The molecule has 0 radical (unpaired) electrons. The first-order chi connectivity index (χ1) is 9.15. The Bertz CT molecular complexity index is 663. The summed E-state index contributed by atoms with van der Waals surface area (Å²) in [6.07, 6.45) is 0.718. The number of aliphatic hydroxyl groups is 1. The van der Waals surface area contributed by atoms with Gasteiger partial charge in [-0.05, 0) is 18.1 Å². The van der Waals surface area contributed by atoms with Crippen LogP contribution in [0.1, 0.15) is 16.1 Å². The van der Waals surface area contributed by atoms with E-state index in [-0.39, 0.29) is 24.9 Å². The van der Waals surface area contributed by atoms with Crippen LogP contribution in [0, 0.1) is 5.82 Å². The average molecular weight is 262 g/mol. The van der Waals surface area contributed by atoms with Crippen molar-refractivity contribution >= 4 is 16.8 Å². The molecule has 5 heteroatoms. The molecule has 1 N–H and O–H groups in total. The highest BCUT2D eigenvalue weighted by molar-refractivity contribution is 6.02. The number of carbonyl (C=O) groups excluding carboxylic acids is 1. The van der Waals surface area contributed by atoms with Gasteiger partial charge in [-0.3, -0.25) is 4.79 Å². The summed E-state index contributed by atoms with van der Waals surface area (Å²) in [5.41, 5.74) is 1.83. The van der Waals surface area contributed by atoms with Crippen LogP contribution in [0.5, 0.6) is 0 Å². The SMILES string of the molecule is CN1CCc2c(n(CCO)c3c(F)cccc23)C1=O. The lowest BCUT2D eigenvalue weighted by molar-refractivity contribution is 0.0769. The number of likely N-dealkylation sites (N-methyl/N-ethyl adjacent to an activating group) is 1. The van der Waals surface area contributed by atoms with Gasteiger partial charge in [0.05, 0.1) is 12.1 Å². The molecular formula is C14H15FN2O2. The number of fused-ring (bicyclic) bond motifs is 3. The van der Waals surface area contributed by atoms with E-state index in [1.807, 2.05) is 6.07 Å². The van der Waals surface area contributed by atoms with Gasteiger partial charge in [0, 0.05) is 25.5 Å². The molecular weight excluding hydrogens is 247 g/mol. The van der Waals surface area contributed by atoms with Crippen molar-refractivity contribution in [1.82, 2.24) is 9.47 Å². The lowest BCUT2D eigenvalue weighted by atomic mass is 10.0. The minimum atomic E-state index is -0.351. The smallest absolute Gasteiger partial charge is 0.270 e. The molecule has 0 saturated carbocycles. The fraction of sp³-hybridized carbons (Fsp3) is 0.357. The molecule has 1 aliphatic heterocycles. The van der Waals surface area contributed by atoms with Crippen molar-refractivity contribution in [2.24, 2.45) is 0 Å². The number of rotatable bonds is 2. The van der Waals surface area contributed by atoms with Crippen molar-refractivity contribution in [2.45, 2.75) is 13.0 Å². The highest BCUT2D eigenvalue weighted by Crippen LogP contribution is 2.31. The van der Waals surface area contributed by atoms with E-state index in [9.17, 15) is 14.3 Å². The van der Waals surface area contributed by atoms with Crippen molar-refractivity contribution in [3.63, 3.8) is 0 Å². The highest BCUT2D eigenvalue weighted by atomic mass is 19.1. The first-order valence-corrected chi connectivity index (χ1v) is 6.31. The third-order valence-electron chi connectivity index (χ3n) is 3.71. The Morgan fingerprint density at radius 1 is 1.42 bits per heavy atom. The van der Waals surface area contributed by atoms with Gasteiger partial charge >= 0.3 is 0 Å². The number of aromatic nitrogens is 1. The van der Waals surface area contributed by atoms with E-state index in [2.05, 4.69) is 0 Å². The molecule has 4 nitrogen and oxygen atoms in total. The van der Waals surface area contributed by atoms with Crippen molar-refractivity contribution in [3.05, 3.63) is 35.3 Å². The fourth-order valence-corrected chi connectivity index (χ4v) is 2.82. The second kappa shape index (κ2) is 4.35. The summed E-state index contributed by atoms with van der Waals surface area (Å²) in [6.45, 7) is 0.745. The lowest BCUT2D eigenvalue weighted by Crippen LogP contribution is -2.35. The largest absolute Gasteiger partial charge is 0.395 e. The minimum Gasteiger partial charge on any atom is -0.395 e. The van der Waals surface area contributed by atoms with E-state index in [0.717, 1.165) is 17.4 Å². The summed E-state index contributed by atoms with van der Waals surface area (Å²) >= 11 is 0. The molecule has 0 bridgehead atoms. The number of benzene rings is 1. The van der Waals surface area contributed by atoms with Crippen LogP contribution in [0.25, 0.3) is 10.9 Å². The van der Waals surface area contributed by atoms with E-state index in [1.54, 1.807) is 22.6 Å². The number of carbonyl (C=O) groups is 1. The third kappa shape index (κ3) is 1.65. The Morgan fingerprint density at radius 3 is 2.95 bits per heavy atom. The second-order valence-electron chi connectivity index (χ2n) is 4.82. The molecule has 19 heavy (non-hydrogen) atoms. The Morgan fingerprint density at radius 2 is 2.21 bits per heavy atom. The van der Waals surface area contributed by atoms with Gasteiger partial charge in [-0.25, -0.2) is 4.39 Å². The van der Waals surface area contributed by atoms with Gasteiger partial charge in [0.25, 0.3) is 5.91 Å². The molecule has 3 rings (SSSR count). The number of halogens is 1. The summed E-state index contributed by atoms with van der Waals surface area (Å²) in [5.74, 6) is -0.457. The molecule has 0 unspecified atom stereocenters. The van der Waals surface area contributed by atoms with Gasteiger partial charge in [0.1, 0.15) is 11.5 Å². The van der Waals surface area contributed by atoms with E-state index in [4.69, 9.17) is 0 Å². The second-order valence-corrected chi connectivity index (χ2v) is 4.82. The molecule has 2 aromatic rings. The summed E-state index contributed by atoms with van der Waals surface area (Å²) in [4.78, 5) is 13.9. The maximum Gasteiger partial charge on any atom is 0.270 e. The van der Waals surface area contributed by atoms with Crippen molar-refractivity contribution in [1.29, 1.82) is 0 Å². The van der Waals surface area contributed by atoms with Crippen LogP contribution in [-0.4, -0.2) is 40.7 Å². The first-order valence-electron chi connectivity index (χ1n) is 6.31. The Kier molecular flexibility index (Phi) is 2.78. The number of hydrogen-bond donors (Lipinski definition) is 1. The lowest BCUT2D eigenvalue weighted by Gasteiger charge is -2.24. The zero-order valence-corrected chi connectivity index (χ0v) is 10.7. The van der Waals surface area contributed by atoms with E-state index < -0.39 is 0 Å². The maximum absolute atomic E-state index is 14.1. The average Bonchev–Trinajstić information content (AvgIpc) is 2.71. The predicted molar refractivity (Wildman–Crippen MR) is 69.6 cm³/mol. The predicted octanol–water partition coefficient (Wildman–Crippen LogP) is 1.40. The van der Waals surface area contributed by atoms with Gasteiger partial charge in [0.15, 0.2) is 0 Å². The normalized spacial score (nSPS) is 15.1. The van der Waals surface area contributed by atoms with Crippen molar-refractivity contribution in [2.75, 3.05) is 20.2 Å². The van der Waals surface area contributed by atoms with Gasteiger partial charge in [-0.15, -0.1) is 0 Å². The maximum atomic E-state index is 14.1. The molecule has 1 amide bonds. The van der Waals surface area contributed by atoms with Crippen LogP contribution >= 0.6 is 0 Å². The van der Waals surface area contributed by atoms with Crippen LogP contribution < -0.4 is 0 Å². The third-order valence-corrected chi connectivity index (χ3v) is 3.71. The Balaban J connectivity index is 2.38. The zero-order valence-electron chi connectivity index (χ0n) is 10.7. The standard InChI is InChI=1S/C14H15FN2O2/c1-16-6-5-10-9-3-2-4-11(15)12(9)17(7-8-18)13(10)14(16)19/h2-4,18H,5-8H2,1H3. The summed E-state index contributed by atoms with van der Waals surface area (Å²) in [5, 5.41) is 9.96. The van der Waals surface area contributed by atoms with Crippen LogP contribution in [-0.2, 0) is 13.0 Å². The van der Waals surface area contributed by atoms with Crippen molar-refractivity contribution < 1.29 is 14.3 Å². The van der Waals surface area contributed by atoms with Crippen molar-refractivity contribution in [3.8, 4) is 0 Å². The molecule has 1 aromatic heterocycles. The molecule has 2 heterocycles. The number of para-hydroxylation sites is 1. The summed E-state index contributed by atoms with van der Waals surface area (Å²) < 4.78 is 15.7. The molecule has 0 atom stereocenters. The molecule has 100 valence electrons. The number of nitrogens with zero attached hydrogens (tertiary/aromatic N) is 2. The summed E-state index contributed by atoms with van der Waals surface area (Å²) in [6, 6.07) is 4.88. The van der Waals surface area contributed by atoms with Gasteiger partial charge in [0.2, 0.25) is 0 Å². The van der Waals surface area contributed by atoms with Crippen LogP contribution in [0.15, 0.2) is 18.2 Å². The quantitative estimate of drug-likeness (QED) is 0.889. The summed E-state index contributed by atoms with van der Waals surface area (Å²) in [7, 11) is 1.74. The first kappa shape index (κ1) is 12.2. The molecule has 1 aliphatic rings. The Hall–Kier alpha value is -1.88. The number of hydrogen-bond acceptors (Lipinski definition) is 2. The van der Waals surface area contributed by atoms with Gasteiger partial charge in [-0.1, -0.05) is 12.1 Å². The highest BCUT2D eigenvalue weighted by Gasteiger charge is 2.29. The Labute approximate surface area is 110 Å². The number of amides is 1. The topological polar surface area (TPSA) is 45.5 Å². The van der Waals surface area contributed by atoms with Gasteiger partial charge < -0.3 is 14.6 Å². The van der Waals surface area contributed by atoms with Crippen LogP contribution in [0.2, 0.25) is 0 Å². The molecule has 0 spiro atoms. The zero-order chi connectivity index (χ0) is 13.6. The molecule has 0 saturated heterocycles. The fourth-order valence-electron chi connectivity index (χ4n) is 2.82.